The van der Waals surface area contributed by atoms with Crippen LogP contribution in [0.2, 0.25) is 5.02 Å². The summed E-state index contributed by atoms with van der Waals surface area (Å²) >= 11 is 6.03. The van der Waals surface area contributed by atoms with Gasteiger partial charge in [0.2, 0.25) is 17.7 Å². The SMILES string of the molecule is COc1cccc(C2CC2CCC(=O)C(=O)NCC[C@H](NC(=O)c2ccc(Nc3nc(NC4(c5ccc(Cl)cc5)CC4)nc(OCC(F)(F)F)n3)cc2)C(=O)O)c1. The highest BCUT2D eigenvalue weighted by Crippen LogP contribution is 2.51. The fraction of sp³-hybridized carbons (Fsp3) is 0.359. The van der Waals surface area contributed by atoms with E-state index in [1.807, 2.05) is 36.4 Å². The summed E-state index contributed by atoms with van der Waals surface area (Å²) in [6.45, 7) is -1.80. The molecule has 2 unspecified atom stereocenters. The van der Waals surface area contributed by atoms with E-state index in [0.29, 0.717) is 35.9 Å². The molecule has 0 saturated heterocycles. The van der Waals surface area contributed by atoms with Crippen LogP contribution in [0.5, 0.6) is 11.8 Å². The molecule has 300 valence electrons. The van der Waals surface area contributed by atoms with Crippen LogP contribution in [-0.2, 0) is 19.9 Å². The van der Waals surface area contributed by atoms with Gasteiger partial charge in [-0.1, -0.05) is 35.9 Å². The van der Waals surface area contributed by atoms with Crippen molar-refractivity contribution in [1.82, 2.24) is 25.6 Å². The molecule has 57 heavy (non-hydrogen) atoms. The van der Waals surface area contributed by atoms with Crippen molar-refractivity contribution < 1.29 is 46.9 Å². The number of carbonyl (C=O) groups is 4. The van der Waals surface area contributed by atoms with E-state index in [2.05, 4.69) is 36.2 Å². The summed E-state index contributed by atoms with van der Waals surface area (Å²) in [5.74, 6) is -2.33. The molecule has 2 fully saturated rings. The minimum absolute atomic E-state index is 0.0368. The number of Topliss-reactive ketones (excluding diaryl/α,β-unsaturated/α-hetero) is 1. The maximum Gasteiger partial charge on any atom is 0.422 e. The smallest absolute Gasteiger partial charge is 0.422 e. The van der Waals surface area contributed by atoms with Crippen molar-refractivity contribution in [3.63, 3.8) is 0 Å². The number of benzene rings is 3. The Morgan fingerprint density at radius 3 is 2.37 bits per heavy atom. The number of alkyl halides is 3. The van der Waals surface area contributed by atoms with Gasteiger partial charge in [-0.2, -0.15) is 28.1 Å². The first-order chi connectivity index (χ1) is 27.2. The van der Waals surface area contributed by atoms with Gasteiger partial charge in [-0.3, -0.25) is 14.4 Å². The van der Waals surface area contributed by atoms with Crippen LogP contribution >= 0.6 is 11.6 Å². The number of carboxylic acids is 1. The summed E-state index contributed by atoms with van der Waals surface area (Å²) in [5, 5.41) is 21.2. The molecule has 0 radical (unpaired) electrons. The Kier molecular flexibility index (Phi) is 12.5. The lowest BCUT2D eigenvalue weighted by atomic mass is 10.1. The summed E-state index contributed by atoms with van der Waals surface area (Å²) < 4.78 is 49.0. The first kappa shape index (κ1) is 40.7. The summed E-state index contributed by atoms with van der Waals surface area (Å²) in [4.78, 5) is 62.1. The van der Waals surface area contributed by atoms with Crippen LogP contribution in [-0.4, -0.2) is 76.1 Å². The molecule has 6 rings (SSSR count). The highest BCUT2D eigenvalue weighted by molar-refractivity contribution is 6.36. The molecule has 18 heteroatoms. The fourth-order valence-electron chi connectivity index (χ4n) is 6.31. The minimum Gasteiger partial charge on any atom is -0.497 e. The number of nitrogens with one attached hydrogen (secondary N) is 4. The number of halogens is 4. The number of hydrogen-bond donors (Lipinski definition) is 5. The predicted octanol–water partition coefficient (Wildman–Crippen LogP) is 6.16. The fourth-order valence-corrected chi connectivity index (χ4v) is 6.44. The van der Waals surface area contributed by atoms with Crippen LogP contribution in [0.1, 0.15) is 65.9 Å². The van der Waals surface area contributed by atoms with Crippen LogP contribution in [0.15, 0.2) is 72.8 Å². The Labute approximate surface area is 329 Å². The van der Waals surface area contributed by atoms with Crippen molar-refractivity contribution in [2.45, 2.75) is 62.2 Å². The average molecular weight is 810 g/mol. The van der Waals surface area contributed by atoms with Gasteiger partial charge in [0.15, 0.2) is 6.61 Å². The average Bonchev–Trinajstić information content (AvgIpc) is 4.13. The van der Waals surface area contributed by atoms with Crippen LogP contribution in [0.3, 0.4) is 0 Å². The van der Waals surface area contributed by atoms with E-state index < -0.39 is 53.9 Å². The highest BCUT2D eigenvalue weighted by atomic mass is 35.5. The molecule has 2 amide bonds. The largest absolute Gasteiger partial charge is 0.497 e. The molecular formula is C39H39ClF3N7O7. The molecule has 14 nitrogen and oxygen atoms in total. The lowest BCUT2D eigenvalue weighted by molar-refractivity contribution is -0.154. The van der Waals surface area contributed by atoms with Crippen LogP contribution in [0, 0.1) is 5.92 Å². The van der Waals surface area contributed by atoms with Gasteiger partial charge in [-0.05, 0) is 104 Å². The molecule has 3 atom stereocenters. The Bertz CT molecular complexity index is 2100. The number of amides is 2. The monoisotopic (exact) mass is 809 g/mol. The number of rotatable bonds is 19. The van der Waals surface area contributed by atoms with E-state index >= 15 is 0 Å². The zero-order valence-electron chi connectivity index (χ0n) is 30.6. The lowest BCUT2D eigenvalue weighted by Crippen LogP contribution is -2.43. The van der Waals surface area contributed by atoms with Crippen LogP contribution in [0.25, 0.3) is 0 Å². The maximum atomic E-state index is 13.0. The van der Waals surface area contributed by atoms with Crippen molar-refractivity contribution in [2.75, 3.05) is 30.9 Å². The number of methoxy groups -OCH3 is 1. The Morgan fingerprint density at radius 1 is 0.982 bits per heavy atom. The number of carbonyl (C=O) groups excluding carboxylic acids is 3. The van der Waals surface area contributed by atoms with Crippen molar-refractivity contribution in [1.29, 1.82) is 0 Å². The summed E-state index contributed by atoms with van der Waals surface area (Å²) in [6, 6.07) is 18.6. The van der Waals surface area contributed by atoms with Crippen LogP contribution < -0.4 is 30.7 Å². The van der Waals surface area contributed by atoms with E-state index in [1.165, 1.54) is 24.3 Å². The number of nitrogens with zero attached hydrogens (tertiary/aromatic N) is 3. The molecular weight excluding hydrogens is 771 g/mol. The third kappa shape index (κ3) is 11.3. The third-order valence-electron chi connectivity index (χ3n) is 9.64. The second kappa shape index (κ2) is 17.4. The van der Waals surface area contributed by atoms with E-state index in [1.54, 1.807) is 19.2 Å². The molecule has 1 heterocycles. The minimum atomic E-state index is -4.64. The third-order valence-corrected chi connectivity index (χ3v) is 9.89. The van der Waals surface area contributed by atoms with Gasteiger partial charge in [0.1, 0.15) is 11.8 Å². The maximum absolute atomic E-state index is 13.0. The van der Waals surface area contributed by atoms with E-state index in [0.717, 1.165) is 23.3 Å². The number of aromatic nitrogens is 3. The Balaban J connectivity index is 0.999. The van der Waals surface area contributed by atoms with E-state index in [9.17, 15) is 37.5 Å². The van der Waals surface area contributed by atoms with Gasteiger partial charge in [0.05, 0.1) is 12.6 Å². The molecule has 2 saturated carbocycles. The van der Waals surface area contributed by atoms with Crippen molar-refractivity contribution in [2.24, 2.45) is 5.92 Å². The van der Waals surface area contributed by atoms with Gasteiger partial charge >= 0.3 is 18.2 Å². The number of anilines is 3. The van der Waals surface area contributed by atoms with Crippen LogP contribution in [0.4, 0.5) is 30.8 Å². The lowest BCUT2D eigenvalue weighted by Gasteiger charge is -2.19. The first-order valence-corrected chi connectivity index (χ1v) is 18.4. The molecule has 5 N–H and O–H groups in total. The number of carboxylic acid groups (broad SMARTS) is 1. The molecule has 0 spiro atoms. The zero-order valence-corrected chi connectivity index (χ0v) is 31.3. The first-order valence-electron chi connectivity index (χ1n) is 18.1. The summed E-state index contributed by atoms with van der Waals surface area (Å²) in [5.41, 5.74) is 1.88. The van der Waals surface area contributed by atoms with E-state index in [4.69, 9.17) is 21.1 Å². The zero-order chi connectivity index (χ0) is 40.7. The van der Waals surface area contributed by atoms with Gasteiger partial charge in [0, 0.05) is 29.2 Å². The molecule has 2 aliphatic carbocycles. The topological polar surface area (TPSA) is 194 Å². The van der Waals surface area contributed by atoms with Gasteiger partial charge in [-0.15, -0.1) is 0 Å². The predicted molar refractivity (Wildman–Crippen MR) is 202 cm³/mol. The molecule has 0 bridgehead atoms. The van der Waals surface area contributed by atoms with Gasteiger partial charge < -0.3 is 35.8 Å². The van der Waals surface area contributed by atoms with Gasteiger partial charge in [-0.25, -0.2) is 4.79 Å². The standard InChI is InChI=1S/C39H39ClF3N7O7/c1-56-28-4-2-3-23(19-28)29-20-24(29)7-14-31(51)33(53)44-18-15-30(34(54)55)46-32(52)22-5-12-27(13-6-22)45-35-47-36(49-37(48-35)57-21-39(41,42)43)50-38(16-17-38)25-8-10-26(40)11-9-25/h2-6,8-13,19,24,29-30H,7,14-18,20-21H2,1H3,(H,44,53)(H,46,52)(H,54,55)(H2,45,47,48,49,50)/t24?,29?,30-/m0/s1. The second-order valence-electron chi connectivity index (χ2n) is 13.8. The molecule has 1 aromatic heterocycles. The number of aliphatic carboxylic acids is 1. The number of ketones is 1. The Hall–Kier alpha value is -5.97. The van der Waals surface area contributed by atoms with Crippen molar-refractivity contribution >= 4 is 52.8 Å². The normalized spacial score (nSPS) is 17.1. The molecule has 0 aliphatic heterocycles. The summed E-state index contributed by atoms with van der Waals surface area (Å²) in [7, 11) is 1.60. The number of hydrogen-bond acceptors (Lipinski definition) is 11. The molecule has 3 aromatic carbocycles. The van der Waals surface area contributed by atoms with Gasteiger partial charge in [0.25, 0.3) is 11.8 Å². The molecule has 2 aliphatic rings. The van der Waals surface area contributed by atoms with Crippen molar-refractivity contribution in [3.8, 4) is 11.8 Å². The molecule has 4 aromatic rings. The number of ether oxygens (including phenoxy) is 2. The van der Waals surface area contributed by atoms with Crippen molar-refractivity contribution in [3.05, 3.63) is 94.5 Å². The highest BCUT2D eigenvalue weighted by Gasteiger charge is 2.45. The second-order valence-corrected chi connectivity index (χ2v) is 14.3. The van der Waals surface area contributed by atoms with E-state index in [-0.39, 0.29) is 42.8 Å². The summed E-state index contributed by atoms with van der Waals surface area (Å²) in [6.07, 6.45) is -1.90. The quantitative estimate of drug-likeness (QED) is 0.0679. The Morgan fingerprint density at radius 2 is 1.70 bits per heavy atom.